The van der Waals surface area contributed by atoms with Gasteiger partial charge >= 0.3 is 5.97 Å². The van der Waals surface area contributed by atoms with Crippen LogP contribution in [0.15, 0.2) is 54.4 Å². The van der Waals surface area contributed by atoms with Gasteiger partial charge in [0.1, 0.15) is 11.5 Å². The molecule has 0 unspecified atom stereocenters. The number of pyridine rings is 1. The van der Waals surface area contributed by atoms with Crippen molar-refractivity contribution in [1.82, 2.24) is 9.88 Å². The summed E-state index contributed by atoms with van der Waals surface area (Å²) < 4.78 is 18.1. The Balaban J connectivity index is 3.08. The highest BCUT2D eigenvalue weighted by Gasteiger charge is 2.22. The van der Waals surface area contributed by atoms with Gasteiger partial charge in [0.2, 0.25) is 0 Å². The fourth-order valence-electron chi connectivity index (χ4n) is 1.90. The van der Waals surface area contributed by atoms with Gasteiger partial charge in [0.15, 0.2) is 6.29 Å². The van der Waals surface area contributed by atoms with Crippen LogP contribution in [0.1, 0.15) is 16.2 Å². The smallest absolute Gasteiger partial charge is 0.356 e. The molecule has 7 heteroatoms. The molecule has 1 heterocycles. The summed E-state index contributed by atoms with van der Waals surface area (Å²) in [4.78, 5) is 40.0. The first-order chi connectivity index (χ1) is 11.3. The maximum absolute atomic E-state index is 13.6. The van der Waals surface area contributed by atoms with Crippen molar-refractivity contribution in [3.8, 4) is 0 Å². The molecule has 1 aromatic rings. The predicted molar refractivity (Wildman–Crippen MR) is 85.6 cm³/mol. The number of aldehydes is 1. The van der Waals surface area contributed by atoms with Crippen molar-refractivity contribution in [2.24, 2.45) is 0 Å². The number of ether oxygens (including phenoxy) is 1. The van der Waals surface area contributed by atoms with Crippen LogP contribution in [0.25, 0.3) is 0 Å². The van der Waals surface area contributed by atoms with E-state index in [0.29, 0.717) is 12.0 Å². The maximum Gasteiger partial charge on any atom is 0.356 e. The minimum Gasteiger partial charge on any atom is -0.464 e. The molecule has 0 aliphatic rings. The third kappa shape index (κ3) is 4.45. The second kappa shape index (κ2) is 8.52. The topological polar surface area (TPSA) is 76.6 Å². The molecule has 1 aromatic heterocycles. The summed E-state index contributed by atoms with van der Waals surface area (Å²) in [7, 11) is 2.63. The van der Waals surface area contributed by atoms with Crippen molar-refractivity contribution in [3.63, 3.8) is 0 Å². The van der Waals surface area contributed by atoms with Crippen molar-refractivity contribution in [1.29, 1.82) is 0 Å². The maximum atomic E-state index is 13.6. The van der Waals surface area contributed by atoms with Gasteiger partial charge in [-0.3, -0.25) is 9.59 Å². The number of aromatic nitrogens is 1. The Kier molecular flexibility index (Phi) is 6.73. The van der Waals surface area contributed by atoms with Crippen LogP contribution in [-0.2, 0) is 20.9 Å². The van der Waals surface area contributed by atoms with E-state index in [0.717, 1.165) is 11.0 Å². The number of halogens is 1. The number of amides is 1. The molecule has 0 radical (unpaired) electrons. The highest BCUT2D eigenvalue weighted by molar-refractivity contribution is 6.03. The van der Waals surface area contributed by atoms with Crippen LogP contribution < -0.4 is 0 Å². The van der Waals surface area contributed by atoms with Gasteiger partial charge in [-0.1, -0.05) is 25.3 Å². The van der Waals surface area contributed by atoms with Crippen LogP contribution in [0.2, 0.25) is 0 Å². The number of esters is 1. The summed E-state index contributed by atoms with van der Waals surface area (Å²) >= 11 is 0. The predicted octanol–water partition coefficient (Wildman–Crippen LogP) is 1.99. The second-order valence-electron chi connectivity index (χ2n) is 4.72. The van der Waals surface area contributed by atoms with E-state index in [1.165, 1.54) is 20.2 Å². The fraction of sp³-hybridized carbons (Fsp3) is 0.176. The summed E-state index contributed by atoms with van der Waals surface area (Å²) in [6, 6.07) is 4.64. The number of nitrogens with zero attached hydrogens (tertiary/aromatic N) is 2. The van der Waals surface area contributed by atoms with Crippen LogP contribution in [0, 0.1) is 0 Å². The number of rotatable bonds is 7. The van der Waals surface area contributed by atoms with E-state index >= 15 is 0 Å². The van der Waals surface area contributed by atoms with Crippen molar-refractivity contribution >= 4 is 18.2 Å². The zero-order valence-electron chi connectivity index (χ0n) is 13.4. The lowest BCUT2D eigenvalue weighted by Gasteiger charge is -2.18. The molecule has 0 saturated heterocycles. The average molecular weight is 332 g/mol. The SMILES string of the molecule is C=C/C(C=O)=C(\C(=C)F)C(=O)N(C)Cc1cccc(C(=O)OC)n1. The van der Waals surface area contributed by atoms with Gasteiger partial charge in [0.05, 0.1) is 24.9 Å². The zero-order chi connectivity index (χ0) is 18.3. The Morgan fingerprint density at radius 3 is 2.58 bits per heavy atom. The van der Waals surface area contributed by atoms with Gasteiger partial charge in [-0.2, -0.15) is 0 Å². The summed E-state index contributed by atoms with van der Waals surface area (Å²) in [5.74, 6) is -2.40. The van der Waals surface area contributed by atoms with E-state index in [4.69, 9.17) is 0 Å². The van der Waals surface area contributed by atoms with Crippen LogP contribution in [0.5, 0.6) is 0 Å². The summed E-state index contributed by atoms with van der Waals surface area (Å²) in [5.41, 5.74) is -0.188. The highest BCUT2D eigenvalue weighted by Crippen LogP contribution is 2.18. The minimum absolute atomic E-state index is 0.0102. The number of methoxy groups -OCH3 is 1. The van der Waals surface area contributed by atoms with Crippen LogP contribution in [0.4, 0.5) is 4.39 Å². The van der Waals surface area contributed by atoms with Gasteiger partial charge < -0.3 is 9.64 Å². The minimum atomic E-state index is -1.04. The van der Waals surface area contributed by atoms with Crippen LogP contribution >= 0.6 is 0 Å². The number of likely N-dealkylation sites (N-methyl/N-ethyl adjacent to an activating group) is 1. The van der Waals surface area contributed by atoms with E-state index in [1.54, 1.807) is 12.1 Å². The number of allylic oxidation sites excluding steroid dienone is 2. The van der Waals surface area contributed by atoms with E-state index in [9.17, 15) is 18.8 Å². The van der Waals surface area contributed by atoms with Gasteiger partial charge in [-0.15, -0.1) is 0 Å². The molecular weight excluding hydrogens is 315 g/mol. The summed E-state index contributed by atoms with van der Waals surface area (Å²) in [5, 5.41) is 0. The lowest BCUT2D eigenvalue weighted by molar-refractivity contribution is -0.126. The molecule has 0 aliphatic carbocycles. The molecule has 0 spiro atoms. The Hall–Kier alpha value is -3.09. The molecule has 0 fully saturated rings. The van der Waals surface area contributed by atoms with E-state index < -0.39 is 23.3 Å². The molecule has 6 nitrogen and oxygen atoms in total. The standard InChI is InChI=1S/C17H17FN2O4/c1-5-12(10-21)15(11(2)18)16(22)20(3)9-13-7-6-8-14(19-13)17(23)24-4/h5-8,10H,1-2,9H2,3-4H3/b15-12-. The highest BCUT2D eigenvalue weighted by atomic mass is 19.1. The lowest BCUT2D eigenvalue weighted by Crippen LogP contribution is -2.29. The van der Waals surface area contributed by atoms with Gasteiger partial charge in [0.25, 0.3) is 5.91 Å². The van der Waals surface area contributed by atoms with Crippen molar-refractivity contribution in [2.75, 3.05) is 14.2 Å². The summed E-state index contributed by atoms with van der Waals surface area (Å²) in [6.45, 7) is 6.44. The van der Waals surface area contributed by atoms with Crippen LogP contribution in [-0.4, -0.2) is 42.2 Å². The van der Waals surface area contributed by atoms with E-state index in [-0.39, 0.29) is 17.8 Å². The molecule has 1 rings (SSSR count). The molecule has 0 atom stereocenters. The molecule has 0 N–H and O–H groups in total. The summed E-state index contributed by atoms with van der Waals surface area (Å²) in [6.07, 6.45) is 1.41. The van der Waals surface area contributed by atoms with Crippen molar-refractivity contribution < 1.29 is 23.5 Å². The monoisotopic (exact) mass is 332 g/mol. The number of carbonyl (C=O) groups is 3. The molecule has 0 aromatic carbocycles. The quantitative estimate of drug-likeness (QED) is 0.330. The first kappa shape index (κ1) is 19.0. The lowest BCUT2D eigenvalue weighted by atomic mass is 10.1. The Bertz CT molecular complexity index is 715. The second-order valence-corrected chi connectivity index (χ2v) is 4.72. The first-order valence-electron chi connectivity index (χ1n) is 6.82. The third-order valence-electron chi connectivity index (χ3n) is 3.07. The van der Waals surface area contributed by atoms with Crippen LogP contribution in [0.3, 0.4) is 0 Å². The first-order valence-corrected chi connectivity index (χ1v) is 6.82. The molecule has 0 bridgehead atoms. The Labute approximate surface area is 138 Å². The van der Waals surface area contributed by atoms with Gasteiger partial charge in [-0.05, 0) is 12.1 Å². The fourth-order valence-corrected chi connectivity index (χ4v) is 1.90. The largest absolute Gasteiger partial charge is 0.464 e. The van der Waals surface area contributed by atoms with Crippen molar-refractivity contribution in [2.45, 2.75) is 6.54 Å². The molecule has 0 saturated carbocycles. The molecule has 126 valence electrons. The number of hydrogen-bond donors (Lipinski definition) is 0. The molecular formula is C17H17FN2O4. The van der Waals surface area contributed by atoms with E-state index in [1.807, 2.05) is 0 Å². The van der Waals surface area contributed by atoms with E-state index in [2.05, 4.69) is 22.9 Å². The number of carbonyl (C=O) groups excluding carboxylic acids is 3. The third-order valence-corrected chi connectivity index (χ3v) is 3.07. The normalized spacial score (nSPS) is 11.1. The molecule has 1 amide bonds. The Morgan fingerprint density at radius 2 is 2.08 bits per heavy atom. The van der Waals surface area contributed by atoms with Gasteiger partial charge in [0, 0.05) is 12.6 Å². The van der Waals surface area contributed by atoms with Crippen molar-refractivity contribution in [3.05, 3.63) is 65.8 Å². The molecule has 24 heavy (non-hydrogen) atoms. The average Bonchev–Trinajstić information content (AvgIpc) is 2.57. The zero-order valence-corrected chi connectivity index (χ0v) is 13.4. The Morgan fingerprint density at radius 1 is 1.42 bits per heavy atom. The number of hydrogen-bond acceptors (Lipinski definition) is 5. The molecule has 0 aliphatic heterocycles. The van der Waals surface area contributed by atoms with Gasteiger partial charge in [-0.25, -0.2) is 14.2 Å².